The highest BCUT2D eigenvalue weighted by Gasteiger charge is 2.22. The Morgan fingerprint density at radius 3 is 2.57 bits per heavy atom. The van der Waals surface area contributed by atoms with Crippen molar-refractivity contribution in [2.45, 2.75) is 52.0 Å². The van der Waals surface area contributed by atoms with E-state index in [1.54, 1.807) is 0 Å². The van der Waals surface area contributed by atoms with Gasteiger partial charge >= 0.3 is 0 Å². The van der Waals surface area contributed by atoms with E-state index in [-0.39, 0.29) is 0 Å². The van der Waals surface area contributed by atoms with Gasteiger partial charge in [-0.05, 0) is 63.3 Å². The molecule has 0 aromatic heterocycles. The van der Waals surface area contributed by atoms with Gasteiger partial charge in [0.15, 0.2) is 0 Å². The highest BCUT2D eigenvalue weighted by atomic mass is 15.2. The molecule has 1 heteroatoms. The summed E-state index contributed by atoms with van der Waals surface area (Å²) >= 11 is 0. The zero-order valence-corrected chi connectivity index (χ0v) is 13.7. The lowest BCUT2D eigenvalue weighted by Crippen LogP contribution is -2.29. The van der Waals surface area contributed by atoms with Crippen LogP contribution in [0.4, 0.5) is 0 Å². The lowest BCUT2D eigenvalue weighted by atomic mass is 9.95. The van der Waals surface area contributed by atoms with E-state index in [1.807, 2.05) is 0 Å². The summed E-state index contributed by atoms with van der Waals surface area (Å²) in [5, 5.41) is 0. The molecule has 1 unspecified atom stereocenters. The van der Waals surface area contributed by atoms with Gasteiger partial charge in [0.2, 0.25) is 0 Å². The Hall–Kier alpha value is -1.34. The number of likely N-dealkylation sites (tertiary alicyclic amines) is 1. The van der Waals surface area contributed by atoms with Crippen molar-refractivity contribution >= 4 is 0 Å². The molecule has 0 amide bonds. The van der Waals surface area contributed by atoms with E-state index >= 15 is 0 Å². The van der Waals surface area contributed by atoms with E-state index < -0.39 is 0 Å². The van der Waals surface area contributed by atoms with Gasteiger partial charge in [0, 0.05) is 6.04 Å². The first-order valence-corrected chi connectivity index (χ1v) is 8.25. The van der Waals surface area contributed by atoms with Gasteiger partial charge in [0.1, 0.15) is 0 Å². The second-order valence-corrected chi connectivity index (χ2v) is 6.33. The van der Waals surface area contributed by atoms with Crippen LogP contribution in [0.25, 0.3) is 0 Å². The quantitative estimate of drug-likeness (QED) is 0.642. The maximum atomic E-state index is 4.26. The molecule has 0 aliphatic carbocycles. The molecule has 114 valence electrons. The Labute approximate surface area is 130 Å². The molecule has 1 nitrogen and oxygen atoms in total. The number of hydrogen-bond acceptors (Lipinski definition) is 1. The molecule has 1 fully saturated rings. The summed E-state index contributed by atoms with van der Waals surface area (Å²) in [6.45, 7) is 15.4. The zero-order chi connectivity index (χ0) is 15.2. The molecule has 1 heterocycles. The molecule has 21 heavy (non-hydrogen) atoms. The van der Waals surface area contributed by atoms with Crippen molar-refractivity contribution < 1.29 is 0 Å². The molecule has 2 rings (SSSR count). The second kappa shape index (κ2) is 7.61. The van der Waals surface area contributed by atoms with E-state index in [1.165, 1.54) is 54.6 Å². The Kier molecular flexibility index (Phi) is 5.81. The SMILES string of the molecule is C=C(CCC1CCCN1CC)C(=C)Cc1ccc(C)cc1. The van der Waals surface area contributed by atoms with Gasteiger partial charge in [-0.2, -0.15) is 0 Å². The number of allylic oxidation sites excluding steroid dienone is 2. The molecule has 0 radical (unpaired) electrons. The first-order chi connectivity index (χ1) is 10.1. The van der Waals surface area contributed by atoms with Gasteiger partial charge in [-0.1, -0.05) is 55.5 Å². The van der Waals surface area contributed by atoms with E-state index in [9.17, 15) is 0 Å². The minimum atomic E-state index is 0.763. The fourth-order valence-electron chi connectivity index (χ4n) is 3.23. The van der Waals surface area contributed by atoms with Crippen LogP contribution < -0.4 is 0 Å². The molecular weight excluding hydrogens is 254 g/mol. The van der Waals surface area contributed by atoms with Crippen LogP contribution in [0.2, 0.25) is 0 Å². The molecular formula is C20H29N. The summed E-state index contributed by atoms with van der Waals surface area (Å²) in [6, 6.07) is 9.50. The Balaban J connectivity index is 1.80. The van der Waals surface area contributed by atoms with Gasteiger partial charge in [-0.15, -0.1) is 0 Å². The van der Waals surface area contributed by atoms with Gasteiger partial charge in [-0.25, -0.2) is 0 Å². The van der Waals surface area contributed by atoms with Gasteiger partial charge in [0.05, 0.1) is 0 Å². The monoisotopic (exact) mass is 283 g/mol. The van der Waals surface area contributed by atoms with E-state index in [0.717, 1.165) is 18.9 Å². The summed E-state index contributed by atoms with van der Waals surface area (Å²) in [5.74, 6) is 0. The third kappa shape index (κ3) is 4.57. The molecule has 1 atom stereocenters. The zero-order valence-electron chi connectivity index (χ0n) is 13.7. The summed E-state index contributed by atoms with van der Waals surface area (Å²) < 4.78 is 0. The molecule has 0 saturated carbocycles. The number of benzene rings is 1. The third-order valence-electron chi connectivity index (χ3n) is 4.72. The summed E-state index contributed by atoms with van der Waals surface area (Å²) in [7, 11) is 0. The number of nitrogens with zero attached hydrogens (tertiary/aromatic N) is 1. The lowest BCUT2D eigenvalue weighted by molar-refractivity contribution is 0.256. The average molecular weight is 283 g/mol. The van der Waals surface area contributed by atoms with E-state index in [0.29, 0.717) is 0 Å². The molecule has 0 spiro atoms. The molecule has 1 saturated heterocycles. The molecule has 1 aromatic carbocycles. The van der Waals surface area contributed by atoms with Crippen LogP contribution in [-0.4, -0.2) is 24.0 Å². The second-order valence-electron chi connectivity index (χ2n) is 6.33. The van der Waals surface area contributed by atoms with Gasteiger partial charge in [-0.3, -0.25) is 0 Å². The summed E-state index contributed by atoms with van der Waals surface area (Å²) in [4.78, 5) is 2.61. The predicted octanol–water partition coefficient (Wildman–Crippen LogP) is 4.91. The Morgan fingerprint density at radius 1 is 1.19 bits per heavy atom. The molecule has 0 bridgehead atoms. The van der Waals surface area contributed by atoms with Crippen LogP contribution in [0.5, 0.6) is 0 Å². The minimum absolute atomic E-state index is 0.763. The first-order valence-electron chi connectivity index (χ1n) is 8.25. The van der Waals surface area contributed by atoms with Crippen molar-refractivity contribution in [3.63, 3.8) is 0 Å². The largest absolute Gasteiger partial charge is 0.301 e. The van der Waals surface area contributed by atoms with Gasteiger partial charge in [0.25, 0.3) is 0 Å². The van der Waals surface area contributed by atoms with Crippen LogP contribution in [0.1, 0.15) is 43.7 Å². The molecule has 1 aliphatic heterocycles. The van der Waals surface area contributed by atoms with Crippen LogP contribution >= 0.6 is 0 Å². The summed E-state index contributed by atoms with van der Waals surface area (Å²) in [6.07, 6.45) is 5.97. The highest BCUT2D eigenvalue weighted by molar-refractivity contribution is 5.33. The van der Waals surface area contributed by atoms with Crippen molar-refractivity contribution in [1.82, 2.24) is 4.90 Å². The average Bonchev–Trinajstić information content (AvgIpc) is 2.94. The highest BCUT2D eigenvalue weighted by Crippen LogP contribution is 2.25. The maximum Gasteiger partial charge on any atom is 0.00987 e. The Morgan fingerprint density at radius 2 is 1.90 bits per heavy atom. The van der Waals surface area contributed by atoms with Crippen LogP contribution in [0, 0.1) is 6.92 Å². The molecule has 1 aliphatic rings. The van der Waals surface area contributed by atoms with Crippen molar-refractivity contribution in [3.05, 3.63) is 59.7 Å². The van der Waals surface area contributed by atoms with Crippen molar-refractivity contribution in [3.8, 4) is 0 Å². The van der Waals surface area contributed by atoms with E-state index in [2.05, 4.69) is 56.2 Å². The molecule has 0 N–H and O–H groups in total. The maximum absolute atomic E-state index is 4.26. The van der Waals surface area contributed by atoms with Crippen molar-refractivity contribution in [1.29, 1.82) is 0 Å². The first kappa shape index (κ1) is 16.0. The molecule has 1 aromatic rings. The number of aryl methyl sites for hydroxylation is 1. The minimum Gasteiger partial charge on any atom is -0.301 e. The predicted molar refractivity (Wildman–Crippen MR) is 92.7 cm³/mol. The Bertz CT molecular complexity index is 483. The van der Waals surface area contributed by atoms with Crippen LogP contribution in [0.15, 0.2) is 48.6 Å². The normalized spacial score (nSPS) is 18.9. The van der Waals surface area contributed by atoms with E-state index in [4.69, 9.17) is 0 Å². The van der Waals surface area contributed by atoms with Crippen molar-refractivity contribution in [2.75, 3.05) is 13.1 Å². The number of hydrogen-bond donors (Lipinski definition) is 0. The smallest absolute Gasteiger partial charge is 0.00987 e. The number of rotatable bonds is 7. The third-order valence-corrected chi connectivity index (χ3v) is 4.72. The lowest BCUT2D eigenvalue weighted by Gasteiger charge is -2.23. The fourth-order valence-corrected chi connectivity index (χ4v) is 3.23. The van der Waals surface area contributed by atoms with Gasteiger partial charge < -0.3 is 4.90 Å². The topological polar surface area (TPSA) is 3.24 Å². The fraction of sp³-hybridized carbons (Fsp3) is 0.500. The standard InChI is InChI=1S/C20H29N/c1-5-21-14-6-7-20(21)13-10-17(3)18(4)15-19-11-8-16(2)9-12-19/h8-9,11-12,20H,3-7,10,13-15H2,1-2H3. The van der Waals surface area contributed by atoms with Crippen LogP contribution in [-0.2, 0) is 6.42 Å². The van der Waals surface area contributed by atoms with Crippen LogP contribution in [0.3, 0.4) is 0 Å². The summed E-state index contributed by atoms with van der Waals surface area (Å²) in [5.41, 5.74) is 5.07. The van der Waals surface area contributed by atoms with Crippen molar-refractivity contribution in [2.24, 2.45) is 0 Å².